The molecule has 0 unspecified atom stereocenters. The van der Waals surface area contributed by atoms with Gasteiger partial charge in [0.15, 0.2) is 0 Å². The number of benzene rings is 1. The van der Waals surface area contributed by atoms with E-state index in [1.807, 2.05) is 12.3 Å². The van der Waals surface area contributed by atoms with Crippen LogP contribution in [0.1, 0.15) is 25.7 Å². The molecule has 1 heterocycles. The molecule has 5 heteroatoms. The lowest BCUT2D eigenvalue weighted by atomic mass is 10.2. The maximum Gasteiger partial charge on any atom is 0.271 e. The highest BCUT2D eigenvalue weighted by Gasteiger charge is 2.08. The number of unbranched alkanes of at least 4 members (excludes halogenated alkanes) is 3. The fourth-order valence-corrected chi connectivity index (χ4v) is 2.23. The van der Waals surface area contributed by atoms with E-state index in [1.165, 1.54) is 6.07 Å². The minimum atomic E-state index is -0.363. The number of aliphatic hydroxyl groups excluding tert-OH is 1. The summed E-state index contributed by atoms with van der Waals surface area (Å²) in [7, 11) is 0. The van der Waals surface area contributed by atoms with Crippen LogP contribution in [0.3, 0.4) is 0 Å². The molecule has 0 fully saturated rings. The molecule has 0 aliphatic rings. The molecule has 0 aliphatic heterocycles. The standard InChI is InChI=1S/C14H18N2O3/c17-10-4-2-1-3-8-15-9-7-12-5-6-13(16(18)19)11-14(12)15/h5-7,9,11,17H,1-4,8,10H2. The van der Waals surface area contributed by atoms with Crippen LogP contribution in [-0.4, -0.2) is 21.2 Å². The fourth-order valence-electron chi connectivity index (χ4n) is 2.23. The van der Waals surface area contributed by atoms with E-state index in [9.17, 15) is 10.1 Å². The molecule has 0 bridgehead atoms. The quantitative estimate of drug-likeness (QED) is 0.473. The molecule has 0 saturated carbocycles. The highest BCUT2D eigenvalue weighted by atomic mass is 16.6. The third-order valence-electron chi connectivity index (χ3n) is 3.28. The zero-order valence-electron chi connectivity index (χ0n) is 10.8. The maximum atomic E-state index is 10.8. The summed E-state index contributed by atoms with van der Waals surface area (Å²) < 4.78 is 2.06. The number of fused-ring (bicyclic) bond motifs is 1. The monoisotopic (exact) mass is 262 g/mol. The van der Waals surface area contributed by atoms with Crippen molar-refractivity contribution < 1.29 is 10.0 Å². The van der Waals surface area contributed by atoms with Gasteiger partial charge in [0.25, 0.3) is 5.69 Å². The van der Waals surface area contributed by atoms with E-state index in [-0.39, 0.29) is 17.2 Å². The van der Waals surface area contributed by atoms with E-state index in [2.05, 4.69) is 4.57 Å². The minimum Gasteiger partial charge on any atom is -0.396 e. The second kappa shape index (κ2) is 6.33. The Labute approximate surface area is 111 Å². The Morgan fingerprint density at radius 3 is 2.68 bits per heavy atom. The fraction of sp³-hybridized carbons (Fsp3) is 0.429. The number of nitro groups is 1. The molecule has 1 N–H and O–H groups in total. The Morgan fingerprint density at radius 2 is 1.95 bits per heavy atom. The summed E-state index contributed by atoms with van der Waals surface area (Å²) in [4.78, 5) is 10.4. The van der Waals surface area contributed by atoms with Crippen molar-refractivity contribution in [2.24, 2.45) is 0 Å². The minimum absolute atomic E-state index is 0.132. The molecule has 5 nitrogen and oxygen atoms in total. The lowest BCUT2D eigenvalue weighted by Gasteiger charge is -2.05. The first-order valence-corrected chi connectivity index (χ1v) is 6.56. The van der Waals surface area contributed by atoms with Gasteiger partial charge in [0.1, 0.15) is 0 Å². The van der Waals surface area contributed by atoms with Gasteiger partial charge in [0.05, 0.1) is 10.4 Å². The SMILES string of the molecule is O=[N+]([O-])c1ccc2ccn(CCCCCCO)c2c1. The second-order valence-electron chi connectivity index (χ2n) is 4.65. The van der Waals surface area contributed by atoms with Gasteiger partial charge >= 0.3 is 0 Å². The van der Waals surface area contributed by atoms with Gasteiger partial charge in [-0.15, -0.1) is 0 Å². The molecule has 0 saturated heterocycles. The van der Waals surface area contributed by atoms with E-state index in [0.29, 0.717) is 0 Å². The second-order valence-corrected chi connectivity index (χ2v) is 4.65. The molecule has 102 valence electrons. The van der Waals surface area contributed by atoms with Crippen LogP contribution in [-0.2, 0) is 6.54 Å². The number of aromatic nitrogens is 1. The molecule has 0 atom stereocenters. The predicted molar refractivity (Wildman–Crippen MR) is 74.1 cm³/mol. The topological polar surface area (TPSA) is 68.3 Å². The van der Waals surface area contributed by atoms with E-state index >= 15 is 0 Å². The van der Waals surface area contributed by atoms with Crippen LogP contribution in [0, 0.1) is 10.1 Å². The summed E-state index contributed by atoms with van der Waals surface area (Å²) >= 11 is 0. The first kappa shape index (κ1) is 13.5. The lowest BCUT2D eigenvalue weighted by molar-refractivity contribution is -0.384. The van der Waals surface area contributed by atoms with Crippen molar-refractivity contribution in [2.75, 3.05) is 6.61 Å². The van der Waals surface area contributed by atoms with Gasteiger partial charge in [0.2, 0.25) is 0 Å². The highest BCUT2D eigenvalue weighted by Crippen LogP contribution is 2.22. The summed E-state index contributed by atoms with van der Waals surface area (Å²) in [5.74, 6) is 0. The molecule has 19 heavy (non-hydrogen) atoms. The summed E-state index contributed by atoms with van der Waals surface area (Å²) in [5.41, 5.74) is 1.05. The Kier molecular flexibility index (Phi) is 4.52. The van der Waals surface area contributed by atoms with Crippen molar-refractivity contribution in [2.45, 2.75) is 32.2 Å². The van der Waals surface area contributed by atoms with Gasteiger partial charge < -0.3 is 9.67 Å². The number of aryl methyl sites for hydroxylation is 1. The van der Waals surface area contributed by atoms with Crippen molar-refractivity contribution in [1.29, 1.82) is 0 Å². The normalized spacial score (nSPS) is 11.0. The van der Waals surface area contributed by atoms with Crippen LogP contribution in [0.25, 0.3) is 10.9 Å². The summed E-state index contributed by atoms with van der Waals surface area (Å²) in [5, 5.41) is 20.5. The van der Waals surface area contributed by atoms with Crippen molar-refractivity contribution in [3.63, 3.8) is 0 Å². The van der Waals surface area contributed by atoms with E-state index in [0.717, 1.165) is 43.1 Å². The first-order chi connectivity index (χ1) is 9.22. The number of non-ortho nitro benzene ring substituents is 1. The summed E-state index contributed by atoms with van der Waals surface area (Å²) in [6.45, 7) is 1.11. The average molecular weight is 262 g/mol. The molecule has 1 aromatic heterocycles. The molecular weight excluding hydrogens is 244 g/mol. The molecule has 2 aromatic rings. The van der Waals surface area contributed by atoms with Crippen molar-refractivity contribution >= 4 is 16.6 Å². The van der Waals surface area contributed by atoms with Crippen molar-refractivity contribution in [1.82, 2.24) is 4.57 Å². The first-order valence-electron chi connectivity index (χ1n) is 6.56. The van der Waals surface area contributed by atoms with Gasteiger partial charge in [-0.25, -0.2) is 0 Å². The van der Waals surface area contributed by atoms with Crippen LogP contribution in [0.2, 0.25) is 0 Å². The van der Waals surface area contributed by atoms with Gasteiger partial charge in [-0.1, -0.05) is 12.8 Å². The molecule has 0 spiro atoms. The van der Waals surface area contributed by atoms with Crippen molar-refractivity contribution in [3.8, 4) is 0 Å². The third-order valence-corrected chi connectivity index (χ3v) is 3.28. The van der Waals surface area contributed by atoms with Crippen LogP contribution < -0.4 is 0 Å². The lowest BCUT2D eigenvalue weighted by Crippen LogP contribution is -1.97. The van der Waals surface area contributed by atoms with E-state index < -0.39 is 0 Å². The largest absolute Gasteiger partial charge is 0.396 e. The Balaban J connectivity index is 2.06. The number of aliphatic hydroxyl groups is 1. The van der Waals surface area contributed by atoms with Gasteiger partial charge in [-0.2, -0.15) is 0 Å². The smallest absolute Gasteiger partial charge is 0.271 e. The summed E-state index contributed by atoms with van der Waals surface area (Å²) in [6, 6.07) is 6.93. The number of hydrogen-bond acceptors (Lipinski definition) is 3. The Hall–Kier alpha value is -1.88. The molecule has 2 rings (SSSR count). The summed E-state index contributed by atoms with van der Waals surface area (Å²) in [6.07, 6.45) is 5.93. The number of rotatable bonds is 7. The van der Waals surface area contributed by atoms with E-state index in [1.54, 1.807) is 12.1 Å². The van der Waals surface area contributed by atoms with Crippen LogP contribution in [0.15, 0.2) is 30.5 Å². The zero-order valence-corrected chi connectivity index (χ0v) is 10.8. The van der Waals surface area contributed by atoms with Gasteiger partial charge in [-0.05, 0) is 25.0 Å². The molecule has 1 aromatic carbocycles. The van der Waals surface area contributed by atoms with Crippen molar-refractivity contribution in [3.05, 3.63) is 40.6 Å². The maximum absolute atomic E-state index is 10.8. The number of hydrogen-bond donors (Lipinski definition) is 1. The third kappa shape index (κ3) is 3.32. The molecular formula is C14H18N2O3. The van der Waals surface area contributed by atoms with E-state index in [4.69, 9.17) is 5.11 Å². The molecule has 0 aliphatic carbocycles. The molecule has 0 amide bonds. The molecule has 0 radical (unpaired) electrons. The van der Waals surface area contributed by atoms with Crippen LogP contribution >= 0.6 is 0 Å². The van der Waals surface area contributed by atoms with Crippen LogP contribution in [0.4, 0.5) is 5.69 Å². The Morgan fingerprint density at radius 1 is 1.16 bits per heavy atom. The Bertz CT molecular complexity index is 563. The average Bonchev–Trinajstić information content (AvgIpc) is 2.81. The van der Waals surface area contributed by atoms with Gasteiger partial charge in [0, 0.05) is 36.9 Å². The highest BCUT2D eigenvalue weighted by molar-refractivity contribution is 5.82. The van der Waals surface area contributed by atoms with Crippen LogP contribution in [0.5, 0.6) is 0 Å². The predicted octanol–water partition coefficient (Wildman–Crippen LogP) is 3.10. The number of nitro benzene ring substituents is 1. The zero-order chi connectivity index (χ0) is 13.7. The number of nitrogens with zero attached hydrogens (tertiary/aromatic N) is 2. The van der Waals surface area contributed by atoms with Gasteiger partial charge in [-0.3, -0.25) is 10.1 Å².